The summed E-state index contributed by atoms with van der Waals surface area (Å²) in [5.74, 6) is -1.66. The lowest BCUT2D eigenvalue weighted by Crippen LogP contribution is -2.52. The number of likely N-dealkylation sites (tertiary alicyclic amines) is 1. The highest BCUT2D eigenvalue weighted by Crippen LogP contribution is 2.33. The minimum Gasteiger partial charge on any atom is -0.377 e. The van der Waals surface area contributed by atoms with E-state index in [1.165, 1.54) is 6.07 Å². The summed E-state index contributed by atoms with van der Waals surface area (Å²) in [6.07, 6.45) is 3.86. The molecule has 0 radical (unpaired) electrons. The zero-order valence-corrected chi connectivity index (χ0v) is 13.5. The van der Waals surface area contributed by atoms with Crippen molar-refractivity contribution in [2.24, 2.45) is 5.92 Å². The van der Waals surface area contributed by atoms with Gasteiger partial charge in [0.1, 0.15) is 0 Å². The van der Waals surface area contributed by atoms with Crippen LogP contribution >= 0.6 is 0 Å². The van der Waals surface area contributed by atoms with Gasteiger partial charge >= 0.3 is 0 Å². The average Bonchev–Trinajstić information content (AvgIpc) is 3.23. The highest BCUT2D eigenvalue weighted by molar-refractivity contribution is 5.79. The molecule has 130 valence electrons. The first-order chi connectivity index (χ1) is 11.6. The molecule has 1 aliphatic carbocycles. The monoisotopic (exact) mass is 336 g/mol. The lowest BCUT2D eigenvalue weighted by molar-refractivity contribution is -0.129. The second-order valence-electron chi connectivity index (χ2n) is 7.16. The molecule has 0 aromatic heterocycles. The van der Waals surface area contributed by atoms with E-state index < -0.39 is 11.6 Å². The molecule has 2 heterocycles. The maximum atomic E-state index is 13.5. The lowest BCUT2D eigenvalue weighted by atomic mass is 9.89. The number of amides is 1. The van der Waals surface area contributed by atoms with Gasteiger partial charge in [0.05, 0.1) is 12.0 Å². The minimum atomic E-state index is -0.832. The number of rotatable bonds is 4. The fourth-order valence-corrected chi connectivity index (χ4v) is 3.84. The van der Waals surface area contributed by atoms with Crippen LogP contribution in [0.4, 0.5) is 8.78 Å². The fourth-order valence-electron chi connectivity index (χ4n) is 3.84. The SMILES string of the molecule is O=C(NC1CC1)[C@H]1C[C@H]2OCC[C@H]2N(Cc2ccc(F)c(F)c2)C1. The van der Waals surface area contributed by atoms with Gasteiger partial charge in [-0.05, 0) is 43.4 Å². The molecule has 24 heavy (non-hydrogen) atoms. The van der Waals surface area contributed by atoms with E-state index in [4.69, 9.17) is 4.74 Å². The summed E-state index contributed by atoms with van der Waals surface area (Å²) in [7, 11) is 0. The summed E-state index contributed by atoms with van der Waals surface area (Å²) in [5.41, 5.74) is 0.725. The smallest absolute Gasteiger partial charge is 0.224 e. The van der Waals surface area contributed by atoms with E-state index in [1.807, 2.05) is 0 Å². The Balaban J connectivity index is 1.48. The summed E-state index contributed by atoms with van der Waals surface area (Å²) < 4.78 is 32.4. The van der Waals surface area contributed by atoms with Crippen LogP contribution in [0, 0.1) is 17.6 Å². The summed E-state index contributed by atoms with van der Waals surface area (Å²) in [6, 6.07) is 4.61. The first-order valence-corrected chi connectivity index (χ1v) is 8.70. The van der Waals surface area contributed by atoms with Crippen LogP contribution in [0.1, 0.15) is 31.2 Å². The van der Waals surface area contributed by atoms with Gasteiger partial charge in [-0.3, -0.25) is 9.69 Å². The van der Waals surface area contributed by atoms with Crippen LogP contribution in [0.3, 0.4) is 0 Å². The molecule has 3 aliphatic rings. The van der Waals surface area contributed by atoms with Crippen molar-refractivity contribution in [1.82, 2.24) is 10.2 Å². The van der Waals surface area contributed by atoms with Gasteiger partial charge in [0, 0.05) is 31.8 Å². The van der Waals surface area contributed by atoms with Crippen LogP contribution in [0.15, 0.2) is 18.2 Å². The van der Waals surface area contributed by atoms with Crippen molar-refractivity contribution in [2.45, 2.75) is 50.4 Å². The van der Waals surface area contributed by atoms with Gasteiger partial charge in [-0.25, -0.2) is 8.78 Å². The number of hydrogen-bond donors (Lipinski definition) is 1. The Morgan fingerprint density at radius 2 is 2.08 bits per heavy atom. The minimum absolute atomic E-state index is 0.0546. The number of nitrogens with zero attached hydrogens (tertiary/aromatic N) is 1. The van der Waals surface area contributed by atoms with E-state index in [1.54, 1.807) is 6.07 Å². The Labute approximate surface area is 140 Å². The van der Waals surface area contributed by atoms with Gasteiger partial charge < -0.3 is 10.1 Å². The molecule has 6 heteroatoms. The molecule has 2 aliphatic heterocycles. The molecule has 1 amide bonds. The number of halogens is 2. The normalized spacial score (nSPS) is 30.2. The number of carbonyl (C=O) groups is 1. The lowest BCUT2D eigenvalue weighted by Gasteiger charge is -2.40. The molecule has 4 rings (SSSR count). The number of ether oxygens (including phenoxy) is 1. The topological polar surface area (TPSA) is 41.6 Å². The van der Waals surface area contributed by atoms with Gasteiger partial charge in [-0.1, -0.05) is 6.07 Å². The second-order valence-corrected chi connectivity index (χ2v) is 7.16. The number of piperidine rings is 1. The van der Waals surface area contributed by atoms with E-state index in [-0.39, 0.29) is 24.0 Å². The second kappa shape index (κ2) is 6.41. The number of nitrogens with one attached hydrogen (secondary N) is 1. The summed E-state index contributed by atoms with van der Waals surface area (Å²) >= 11 is 0. The average molecular weight is 336 g/mol. The van der Waals surface area contributed by atoms with Crippen LogP contribution in [-0.2, 0) is 16.1 Å². The van der Waals surface area contributed by atoms with Crippen molar-refractivity contribution in [3.05, 3.63) is 35.4 Å². The maximum Gasteiger partial charge on any atom is 0.224 e. The third kappa shape index (κ3) is 3.30. The van der Waals surface area contributed by atoms with Crippen molar-refractivity contribution >= 4 is 5.91 Å². The Kier molecular flexibility index (Phi) is 4.26. The van der Waals surface area contributed by atoms with Crippen molar-refractivity contribution in [1.29, 1.82) is 0 Å². The van der Waals surface area contributed by atoms with Gasteiger partial charge in [0.15, 0.2) is 11.6 Å². The Morgan fingerprint density at radius 3 is 2.83 bits per heavy atom. The zero-order valence-electron chi connectivity index (χ0n) is 13.5. The van der Waals surface area contributed by atoms with Crippen molar-refractivity contribution in [2.75, 3.05) is 13.2 Å². The van der Waals surface area contributed by atoms with Crippen molar-refractivity contribution in [3.63, 3.8) is 0 Å². The van der Waals surface area contributed by atoms with Gasteiger partial charge in [-0.2, -0.15) is 0 Å². The molecule has 3 atom stereocenters. The molecule has 0 unspecified atom stereocenters. The summed E-state index contributed by atoms with van der Waals surface area (Å²) in [5, 5.41) is 3.07. The number of fused-ring (bicyclic) bond motifs is 1. The van der Waals surface area contributed by atoms with Crippen molar-refractivity contribution in [3.8, 4) is 0 Å². The molecule has 1 aromatic carbocycles. The Morgan fingerprint density at radius 1 is 1.25 bits per heavy atom. The molecule has 4 nitrogen and oxygen atoms in total. The largest absolute Gasteiger partial charge is 0.377 e. The number of benzene rings is 1. The highest BCUT2D eigenvalue weighted by atomic mass is 19.2. The van der Waals surface area contributed by atoms with Gasteiger partial charge in [0.2, 0.25) is 5.91 Å². The fraction of sp³-hybridized carbons (Fsp3) is 0.611. The predicted octanol–water partition coefficient (Wildman–Crippen LogP) is 2.22. The number of carbonyl (C=O) groups excluding carboxylic acids is 1. The maximum absolute atomic E-state index is 13.5. The van der Waals surface area contributed by atoms with Gasteiger partial charge in [-0.15, -0.1) is 0 Å². The van der Waals surface area contributed by atoms with E-state index in [9.17, 15) is 13.6 Å². The Hall–Kier alpha value is -1.53. The van der Waals surface area contributed by atoms with E-state index >= 15 is 0 Å². The number of hydrogen-bond acceptors (Lipinski definition) is 3. The van der Waals surface area contributed by atoms with E-state index in [0.717, 1.165) is 37.3 Å². The molecule has 3 fully saturated rings. The quantitative estimate of drug-likeness (QED) is 0.917. The first-order valence-electron chi connectivity index (χ1n) is 8.70. The zero-order chi connectivity index (χ0) is 16.7. The molecule has 0 bridgehead atoms. The molecule has 1 aromatic rings. The van der Waals surface area contributed by atoms with Gasteiger partial charge in [0.25, 0.3) is 0 Å². The highest BCUT2D eigenvalue weighted by Gasteiger charge is 2.42. The standard InChI is InChI=1S/C18H22F2N2O2/c19-14-4-1-11(7-15(14)20)9-22-10-12(18(23)21-13-2-3-13)8-17-16(22)5-6-24-17/h1,4,7,12-13,16-17H,2-3,5-6,8-10H2,(H,21,23)/t12-,16+,17+/m0/s1. The van der Waals surface area contributed by atoms with E-state index in [2.05, 4.69) is 10.2 Å². The predicted molar refractivity (Wildman–Crippen MR) is 84.2 cm³/mol. The molecular formula is C18H22F2N2O2. The first kappa shape index (κ1) is 16.0. The third-order valence-electron chi connectivity index (χ3n) is 5.28. The van der Waals surface area contributed by atoms with Crippen LogP contribution in [0.2, 0.25) is 0 Å². The van der Waals surface area contributed by atoms with Crippen LogP contribution in [0.25, 0.3) is 0 Å². The van der Waals surface area contributed by atoms with Crippen LogP contribution in [0.5, 0.6) is 0 Å². The van der Waals surface area contributed by atoms with Crippen molar-refractivity contribution < 1.29 is 18.3 Å². The Bertz CT molecular complexity index is 635. The molecule has 1 N–H and O–H groups in total. The molecule has 1 saturated carbocycles. The van der Waals surface area contributed by atoms with Crippen LogP contribution in [-0.4, -0.2) is 42.1 Å². The third-order valence-corrected chi connectivity index (χ3v) is 5.28. The molecule has 0 spiro atoms. The summed E-state index contributed by atoms with van der Waals surface area (Å²) in [4.78, 5) is 14.6. The molecular weight excluding hydrogens is 314 g/mol. The summed E-state index contributed by atoms with van der Waals surface area (Å²) in [6.45, 7) is 1.84. The molecule has 2 saturated heterocycles. The van der Waals surface area contributed by atoms with E-state index in [0.29, 0.717) is 25.7 Å². The van der Waals surface area contributed by atoms with Crippen LogP contribution < -0.4 is 5.32 Å².